The van der Waals surface area contributed by atoms with Crippen molar-refractivity contribution in [1.82, 2.24) is 29.5 Å². The lowest BCUT2D eigenvalue weighted by atomic mass is 9.95. The maximum atomic E-state index is 13.7. The van der Waals surface area contributed by atoms with Crippen LogP contribution in [-0.4, -0.2) is 61.7 Å². The third kappa shape index (κ3) is 6.56. The number of likely N-dealkylation sites (tertiary alicyclic amines) is 1. The van der Waals surface area contributed by atoms with E-state index in [4.69, 9.17) is 31.9 Å². The Labute approximate surface area is 237 Å². The summed E-state index contributed by atoms with van der Waals surface area (Å²) in [6.07, 6.45) is 3.53. The highest BCUT2D eigenvalue weighted by Crippen LogP contribution is 2.31. The van der Waals surface area contributed by atoms with Gasteiger partial charge < -0.3 is 15.5 Å². The molecule has 9 nitrogen and oxygen atoms in total. The van der Waals surface area contributed by atoms with Crippen molar-refractivity contribution in [3.05, 3.63) is 64.8 Å². The first kappa shape index (κ1) is 28.5. The van der Waals surface area contributed by atoms with Gasteiger partial charge in [0.25, 0.3) is 0 Å². The minimum absolute atomic E-state index is 0. The molecule has 4 aromatic rings. The van der Waals surface area contributed by atoms with Crippen LogP contribution in [0, 0.1) is 17.1 Å². The summed E-state index contributed by atoms with van der Waals surface area (Å²) in [7, 11) is 0. The van der Waals surface area contributed by atoms with E-state index in [0.29, 0.717) is 53.4 Å². The van der Waals surface area contributed by atoms with E-state index in [1.54, 1.807) is 22.7 Å². The lowest BCUT2D eigenvalue weighted by Gasteiger charge is -2.33. The monoisotopic (exact) mass is 569 g/mol. The van der Waals surface area contributed by atoms with Crippen LogP contribution in [0.1, 0.15) is 44.0 Å². The van der Waals surface area contributed by atoms with Gasteiger partial charge in [-0.25, -0.2) is 19.3 Å². The summed E-state index contributed by atoms with van der Waals surface area (Å²) in [5.74, 6) is 1.87. The number of hydrogen-bond donors (Lipinski definition) is 2. The number of rotatable bonds is 8. The molecule has 4 heterocycles. The van der Waals surface area contributed by atoms with Gasteiger partial charge in [0.1, 0.15) is 17.7 Å². The second-order valence-electron chi connectivity index (χ2n) is 9.63. The number of anilines is 2. The van der Waals surface area contributed by atoms with Crippen molar-refractivity contribution in [2.45, 2.75) is 38.6 Å². The highest BCUT2D eigenvalue weighted by molar-refractivity contribution is 6.33. The zero-order chi connectivity index (χ0) is 26.6. The molecule has 0 amide bonds. The fourth-order valence-corrected chi connectivity index (χ4v) is 4.90. The van der Waals surface area contributed by atoms with E-state index in [1.165, 1.54) is 18.3 Å². The zero-order valence-electron chi connectivity index (χ0n) is 21.7. The van der Waals surface area contributed by atoms with E-state index in [-0.39, 0.29) is 23.3 Å². The SMILES string of the molecule is CC(C)N1CCC(c2nc3cc(-c4ccc(F)cc4Cl)nc(NCCNc4ccc(C#N)cn4)n3n2)CC1.Cl. The standard InChI is InChI=1S/C27H29ClFN9.ClH/c1-17(2)37-11-7-19(8-12-37)26-35-25-14-23(21-5-4-20(29)13-22(21)28)34-27(38(25)36-26)32-10-9-31-24-6-3-18(15-30)16-33-24;/h3-6,13-14,16-17,19H,7-12H2,1-2H3,(H,31,33)(H,32,34);1H. The Bertz CT molecular complexity index is 1460. The average Bonchev–Trinajstić information content (AvgIpc) is 3.36. The van der Waals surface area contributed by atoms with Crippen LogP contribution in [0.5, 0.6) is 0 Å². The predicted molar refractivity (Wildman–Crippen MR) is 153 cm³/mol. The fourth-order valence-electron chi connectivity index (χ4n) is 4.63. The Kier molecular flexibility index (Phi) is 9.17. The third-order valence-corrected chi connectivity index (χ3v) is 7.09. The van der Waals surface area contributed by atoms with E-state index < -0.39 is 5.82 Å². The van der Waals surface area contributed by atoms with Gasteiger partial charge in [0.2, 0.25) is 5.95 Å². The van der Waals surface area contributed by atoms with E-state index in [1.807, 2.05) is 6.07 Å². The number of nitrogens with zero attached hydrogens (tertiary/aromatic N) is 7. The molecule has 0 spiro atoms. The van der Waals surface area contributed by atoms with E-state index in [0.717, 1.165) is 31.8 Å². The van der Waals surface area contributed by atoms with Crippen molar-refractivity contribution in [2.75, 3.05) is 36.8 Å². The number of nitriles is 1. The van der Waals surface area contributed by atoms with Crippen LogP contribution in [0.3, 0.4) is 0 Å². The lowest BCUT2D eigenvalue weighted by molar-refractivity contribution is 0.169. The van der Waals surface area contributed by atoms with Gasteiger partial charge in [-0.15, -0.1) is 17.5 Å². The Morgan fingerprint density at radius 3 is 2.54 bits per heavy atom. The summed E-state index contributed by atoms with van der Waals surface area (Å²) >= 11 is 6.36. The summed E-state index contributed by atoms with van der Waals surface area (Å²) in [6.45, 7) is 7.56. The molecule has 0 bridgehead atoms. The van der Waals surface area contributed by atoms with Crippen molar-refractivity contribution in [2.24, 2.45) is 0 Å². The molecule has 12 heteroatoms. The second-order valence-corrected chi connectivity index (χ2v) is 10.0. The van der Waals surface area contributed by atoms with E-state index in [9.17, 15) is 4.39 Å². The number of piperidine rings is 1. The summed E-state index contributed by atoms with van der Waals surface area (Å²) < 4.78 is 15.4. The molecular formula is C27H30Cl2FN9. The Morgan fingerprint density at radius 2 is 1.87 bits per heavy atom. The number of aromatic nitrogens is 5. The molecule has 0 unspecified atom stereocenters. The highest BCUT2D eigenvalue weighted by Gasteiger charge is 2.26. The number of fused-ring (bicyclic) bond motifs is 1. The van der Waals surface area contributed by atoms with Crippen molar-refractivity contribution < 1.29 is 4.39 Å². The van der Waals surface area contributed by atoms with Crippen LogP contribution in [0.4, 0.5) is 16.2 Å². The molecule has 0 atom stereocenters. The Hall–Kier alpha value is -3.52. The molecule has 1 aliphatic heterocycles. The Morgan fingerprint density at radius 1 is 1.10 bits per heavy atom. The highest BCUT2D eigenvalue weighted by atomic mass is 35.5. The molecule has 5 rings (SSSR count). The normalized spacial score (nSPS) is 14.3. The molecular weight excluding hydrogens is 540 g/mol. The number of benzene rings is 1. The van der Waals surface area contributed by atoms with Crippen LogP contribution in [0.2, 0.25) is 5.02 Å². The van der Waals surface area contributed by atoms with Gasteiger partial charge in [-0.3, -0.25) is 0 Å². The molecule has 1 saturated heterocycles. The molecule has 0 saturated carbocycles. The minimum Gasteiger partial charge on any atom is -0.368 e. The quantitative estimate of drug-likeness (QED) is 0.272. The number of hydrogen-bond acceptors (Lipinski definition) is 8. The first-order valence-corrected chi connectivity index (χ1v) is 13.1. The van der Waals surface area contributed by atoms with E-state index >= 15 is 0 Å². The topological polar surface area (TPSA) is 107 Å². The van der Waals surface area contributed by atoms with Crippen molar-refractivity contribution in [1.29, 1.82) is 5.26 Å². The predicted octanol–water partition coefficient (Wildman–Crippen LogP) is 5.38. The lowest BCUT2D eigenvalue weighted by Crippen LogP contribution is -2.38. The Balaban J connectivity index is 0.00000353. The largest absolute Gasteiger partial charge is 0.368 e. The van der Waals surface area contributed by atoms with Gasteiger partial charge in [0.05, 0.1) is 16.3 Å². The molecule has 1 aromatic carbocycles. The maximum Gasteiger partial charge on any atom is 0.226 e. The molecule has 0 radical (unpaired) electrons. The van der Waals surface area contributed by atoms with Gasteiger partial charge in [0, 0.05) is 42.9 Å². The van der Waals surface area contributed by atoms with Crippen molar-refractivity contribution in [3.63, 3.8) is 0 Å². The fraction of sp³-hybridized carbons (Fsp3) is 0.370. The number of halogens is 3. The summed E-state index contributed by atoms with van der Waals surface area (Å²) in [5.41, 5.74) is 2.36. The van der Waals surface area contributed by atoms with Gasteiger partial charge in [-0.2, -0.15) is 9.78 Å². The molecule has 3 aromatic heterocycles. The second kappa shape index (κ2) is 12.6. The first-order chi connectivity index (χ1) is 18.4. The van der Waals surface area contributed by atoms with Crippen LogP contribution in [0.15, 0.2) is 42.6 Å². The van der Waals surface area contributed by atoms with Gasteiger partial charge in [-0.05, 0) is 70.1 Å². The minimum atomic E-state index is -0.404. The maximum absolute atomic E-state index is 13.7. The third-order valence-electron chi connectivity index (χ3n) is 6.78. The molecule has 39 heavy (non-hydrogen) atoms. The van der Waals surface area contributed by atoms with Crippen LogP contribution in [-0.2, 0) is 0 Å². The summed E-state index contributed by atoms with van der Waals surface area (Å²) in [5, 5.41) is 20.6. The summed E-state index contributed by atoms with van der Waals surface area (Å²) in [6, 6.07) is 12.2. The number of pyridine rings is 1. The summed E-state index contributed by atoms with van der Waals surface area (Å²) in [4.78, 5) is 16.4. The smallest absolute Gasteiger partial charge is 0.226 e. The van der Waals surface area contributed by atoms with Crippen molar-refractivity contribution in [3.8, 4) is 17.3 Å². The molecule has 0 aliphatic carbocycles. The zero-order valence-corrected chi connectivity index (χ0v) is 23.3. The average molecular weight is 571 g/mol. The van der Waals surface area contributed by atoms with Gasteiger partial charge in [0.15, 0.2) is 11.5 Å². The first-order valence-electron chi connectivity index (χ1n) is 12.7. The molecule has 1 aliphatic rings. The number of nitrogens with one attached hydrogen (secondary N) is 2. The molecule has 2 N–H and O–H groups in total. The van der Waals surface area contributed by atoms with Gasteiger partial charge >= 0.3 is 0 Å². The van der Waals surface area contributed by atoms with Crippen LogP contribution in [0.25, 0.3) is 16.9 Å². The van der Waals surface area contributed by atoms with E-state index in [2.05, 4.69) is 40.4 Å². The molecule has 1 fully saturated rings. The van der Waals surface area contributed by atoms with Crippen molar-refractivity contribution >= 4 is 41.4 Å². The van der Waals surface area contributed by atoms with Gasteiger partial charge in [-0.1, -0.05) is 11.6 Å². The molecule has 204 valence electrons. The van der Waals surface area contributed by atoms with Crippen LogP contribution < -0.4 is 10.6 Å². The van der Waals surface area contributed by atoms with Crippen LogP contribution >= 0.6 is 24.0 Å².